The molecule has 0 fully saturated rings. The number of hydrogen-bond donors (Lipinski definition) is 0. The summed E-state index contributed by atoms with van der Waals surface area (Å²) in [4.78, 5) is 28.2. The molecule has 0 spiro atoms. The quantitative estimate of drug-likeness (QED) is 0.501. The van der Waals surface area contributed by atoms with Gasteiger partial charge in [0, 0.05) is 9.92 Å². The average Bonchev–Trinajstić information content (AvgIpc) is 2.95. The summed E-state index contributed by atoms with van der Waals surface area (Å²) >= 11 is 7.04. The predicted octanol–water partition coefficient (Wildman–Crippen LogP) is 5.70. The number of amides is 2. The van der Waals surface area contributed by atoms with E-state index in [2.05, 4.69) is 0 Å². The zero-order valence-electron chi connectivity index (χ0n) is 14.7. The minimum Gasteiger partial charge on any atom is -0.268 e. The zero-order valence-corrected chi connectivity index (χ0v) is 16.3. The summed E-state index contributed by atoms with van der Waals surface area (Å²) in [7, 11) is 0. The van der Waals surface area contributed by atoms with Crippen molar-refractivity contribution in [3.8, 4) is 0 Å². The van der Waals surface area contributed by atoms with E-state index in [-0.39, 0.29) is 16.2 Å². The lowest BCUT2D eigenvalue weighted by Gasteiger charge is -2.15. The third-order valence-electron chi connectivity index (χ3n) is 4.29. The molecule has 144 valence electrons. The highest BCUT2D eigenvalue weighted by Gasteiger charge is 2.40. The van der Waals surface area contributed by atoms with Crippen LogP contribution in [0.2, 0.25) is 5.02 Å². The van der Waals surface area contributed by atoms with E-state index in [0.717, 1.165) is 16.7 Å². The minimum absolute atomic E-state index is 0.166. The SMILES string of the molecule is O=C1C(Sc2ccc(Cl)cc2)=C(c2ccc(F)cc2)C(=O)N1c1ccc(F)cc1. The fourth-order valence-electron chi connectivity index (χ4n) is 2.92. The zero-order chi connectivity index (χ0) is 20.5. The standard InChI is InChI=1S/C22H12ClF2NO2S/c23-14-3-11-18(12-4-14)29-20-19(13-1-5-15(24)6-2-13)21(27)26(22(20)28)17-9-7-16(25)8-10-17/h1-12H. The summed E-state index contributed by atoms with van der Waals surface area (Å²) in [5.41, 5.74) is 0.845. The van der Waals surface area contributed by atoms with Gasteiger partial charge in [-0.05, 0) is 66.2 Å². The first-order valence-corrected chi connectivity index (χ1v) is 9.71. The van der Waals surface area contributed by atoms with Crippen LogP contribution in [0.5, 0.6) is 0 Å². The molecule has 1 heterocycles. The van der Waals surface area contributed by atoms with E-state index in [0.29, 0.717) is 15.5 Å². The molecule has 1 aliphatic rings. The molecule has 0 unspecified atom stereocenters. The predicted molar refractivity (Wildman–Crippen MR) is 110 cm³/mol. The number of halogens is 3. The van der Waals surface area contributed by atoms with E-state index in [1.54, 1.807) is 24.3 Å². The smallest absolute Gasteiger partial charge is 0.268 e. The number of imide groups is 1. The van der Waals surface area contributed by atoms with Gasteiger partial charge in [-0.2, -0.15) is 0 Å². The van der Waals surface area contributed by atoms with E-state index in [1.165, 1.54) is 48.5 Å². The molecule has 29 heavy (non-hydrogen) atoms. The van der Waals surface area contributed by atoms with E-state index in [9.17, 15) is 18.4 Å². The Bertz CT molecular complexity index is 1130. The van der Waals surface area contributed by atoms with Crippen LogP contribution >= 0.6 is 23.4 Å². The van der Waals surface area contributed by atoms with E-state index in [1.807, 2.05) is 0 Å². The molecule has 7 heteroatoms. The fourth-order valence-corrected chi connectivity index (χ4v) is 4.04. The minimum atomic E-state index is -0.551. The number of anilines is 1. The number of hydrogen-bond acceptors (Lipinski definition) is 3. The van der Waals surface area contributed by atoms with Crippen LogP contribution in [0.3, 0.4) is 0 Å². The lowest BCUT2D eigenvalue weighted by atomic mass is 10.1. The van der Waals surface area contributed by atoms with Crippen LogP contribution in [-0.4, -0.2) is 11.8 Å². The molecule has 0 radical (unpaired) electrons. The molecule has 0 aromatic heterocycles. The molecule has 0 saturated heterocycles. The maximum atomic E-state index is 13.4. The Labute approximate surface area is 174 Å². The highest BCUT2D eigenvalue weighted by atomic mass is 35.5. The van der Waals surface area contributed by atoms with Crippen molar-refractivity contribution in [1.82, 2.24) is 0 Å². The molecule has 3 aromatic rings. The topological polar surface area (TPSA) is 37.4 Å². The molecular weight excluding hydrogens is 416 g/mol. The van der Waals surface area contributed by atoms with Crippen LogP contribution in [0.25, 0.3) is 5.57 Å². The summed E-state index contributed by atoms with van der Waals surface area (Å²) < 4.78 is 26.7. The van der Waals surface area contributed by atoms with E-state index >= 15 is 0 Å². The third-order valence-corrected chi connectivity index (χ3v) is 5.64. The van der Waals surface area contributed by atoms with Gasteiger partial charge in [0.2, 0.25) is 0 Å². The summed E-state index contributed by atoms with van der Waals surface area (Å²) in [6.07, 6.45) is 0. The normalized spacial score (nSPS) is 14.1. The summed E-state index contributed by atoms with van der Waals surface area (Å²) in [5.74, 6) is -2.01. The largest absolute Gasteiger partial charge is 0.272 e. The first kappa shape index (κ1) is 19.4. The Hall–Kier alpha value is -2.96. The molecular formula is C22H12ClF2NO2S. The van der Waals surface area contributed by atoms with Crippen molar-refractivity contribution in [2.75, 3.05) is 4.90 Å². The summed E-state index contributed by atoms with van der Waals surface area (Å²) in [5, 5.41) is 0.545. The van der Waals surface area contributed by atoms with Crippen molar-refractivity contribution in [1.29, 1.82) is 0 Å². The van der Waals surface area contributed by atoms with E-state index < -0.39 is 23.4 Å². The Balaban J connectivity index is 1.80. The average molecular weight is 428 g/mol. The summed E-state index contributed by atoms with van der Waals surface area (Å²) in [6.45, 7) is 0. The van der Waals surface area contributed by atoms with Gasteiger partial charge in [-0.25, -0.2) is 13.7 Å². The second-order valence-electron chi connectivity index (χ2n) is 6.19. The maximum Gasteiger partial charge on any atom is 0.272 e. The van der Waals surface area contributed by atoms with Gasteiger partial charge < -0.3 is 0 Å². The van der Waals surface area contributed by atoms with Gasteiger partial charge >= 0.3 is 0 Å². The van der Waals surface area contributed by atoms with Gasteiger partial charge in [0.15, 0.2) is 0 Å². The fraction of sp³-hybridized carbons (Fsp3) is 0. The molecule has 0 saturated carbocycles. The van der Waals surface area contributed by atoms with Crippen molar-refractivity contribution in [2.24, 2.45) is 0 Å². The van der Waals surface area contributed by atoms with Crippen molar-refractivity contribution in [3.63, 3.8) is 0 Å². The molecule has 0 bridgehead atoms. The van der Waals surface area contributed by atoms with Crippen LogP contribution < -0.4 is 4.90 Å². The lowest BCUT2D eigenvalue weighted by molar-refractivity contribution is -0.119. The maximum absolute atomic E-state index is 13.4. The number of thioether (sulfide) groups is 1. The highest BCUT2D eigenvalue weighted by Crippen LogP contribution is 2.41. The Morgan fingerprint density at radius 3 is 1.86 bits per heavy atom. The number of rotatable bonds is 4. The first-order chi connectivity index (χ1) is 13.9. The molecule has 0 atom stereocenters. The van der Waals surface area contributed by atoms with Gasteiger partial charge in [-0.3, -0.25) is 9.59 Å². The van der Waals surface area contributed by atoms with Crippen LogP contribution in [0, 0.1) is 11.6 Å². The molecule has 3 aromatic carbocycles. The van der Waals surface area contributed by atoms with Crippen LogP contribution in [0.15, 0.2) is 82.6 Å². The van der Waals surface area contributed by atoms with Gasteiger partial charge in [0.1, 0.15) is 11.6 Å². The van der Waals surface area contributed by atoms with Crippen molar-refractivity contribution in [2.45, 2.75) is 4.90 Å². The molecule has 0 N–H and O–H groups in total. The number of benzene rings is 3. The first-order valence-electron chi connectivity index (χ1n) is 8.52. The second kappa shape index (κ2) is 7.81. The molecule has 0 aliphatic carbocycles. The Kier molecular flexibility index (Phi) is 5.22. The lowest BCUT2D eigenvalue weighted by Crippen LogP contribution is -2.31. The molecule has 3 nitrogen and oxygen atoms in total. The van der Waals surface area contributed by atoms with Crippen molar-refractivity contribution >= 4 is 46.4 Å². The van der Waals surface area contributed by atoms with Gasteiger partial charge in [-0.15, -0.1) is 0 Å². The van der Waals surface area contributed by atoms with E-state index in [4.69, 9.17) is 11.6 Å². The van der Waals surface area contributed by atoms with Crippen LogP contribution in [-0.2, 0) is 9.59 Å². The van der Waals surface area contributed by atoms with Gasteiger partial charge in [-0.1, -0.05) is 35.5 Å². The van der Waals surface area contributed by atoms with Crippen molar-refractivity contribution in [3.05, 3.63) is 99.9 Å². The molecule has 2 amide bonds. The Morgan fingerprint density at radius 2 is 1.28 bits per heavy atom. The number of carbonyl (C=O) groups is 2. The molecule has 4 rings (SSSR count). The van der Waals surface area contributed by atoms with Crippen LogP contribution in [0.4, 0.5) is 14.5 Å². The Morgan fingerprint density at radius 1 is 0.724 bits per heavy atom. The van der Waals surface area contributed by atoms with Gasteiger partial charge in [0.25, 0.3) is 11.8 Å². The highest BCUT2D eigenvalue weighted by molar-refractivity contribution is 8.04. The summed E-state index contributed by atoms with van der Waals surface area (Å²) in [6, 6.07) is 17.3. The molecule has 1 aliphatic heterocycles. The second-order valence-corrected chi connectivity index (χ2v) is 7.71. The number of nitrogens with zero attached hydrogens (tertiary/aromatic N) is 1. The number of carbonyl (C=O) groups excluding carboxylic acids is 2. The van der Waals surface area contributed by atoms with Crippen LogP contribution in [0.1, 0.15) is 5.56 Å². The third kappa shape index (κ3) is 3.81. The van der Waals surface area contributed by atoms with Crippen molar-refractivity contribution < 1.29 is 18.4 Å². The van der Waals surface area contributed by atoms with Gasteiger partial charge in [0.05, 0.1) is 16.2 Å². The monoisotopic (exact) mass is 427 g/mol.